The van der Waals surface area contributed by atoms with E-state index in [0.717, 1.165) is 76.4 Å². The average Bonchev–Trinajstić information content (AvgIpc) is 2.92. The molecule has 0 atom stereocenters. The van der Waals surface area contributed by atoms with E-state index >= 15 is 0 Å². The van der Waals surface area contributed by atoms with Gasteiger partial charge in [-0.3, -0.25) is 4.79 Å². The van der Waals surface area contributed by atoms with Crippen molar-refractivity contribution in [2.45, 2.75) is 103 Å². The van der Waals surface area contributed by atoms with Crippen LogP contribution in [0.4, 0.5) is 4.39 Å². The second-order valence-corrected chi connectivity index (χ2v) is 10.1. The number of carbonyl (C=O) groups is 3. The number of methoxy groups -OCH3 is 1. The van der Waals surface area contributed by atoms with Crippen molar-refractivity contribution in [2.75, 3.05) is 26.9 Å². The molecule has 214 valence electrons. The first-order valence-electron chi connectivity index (χ1n) is 14.3. The summed E-state index contributed by atoms with van der Waals surface area (Å²) >= 11 is 0. The third-order valence-electron chi connectivity index (χ3n) is 7.05. The van der Waals surface area contributed by atoms with E-state index in [4.69, 9.17) is 14.2 Å². The van der Waals surface area contributed by atoms with Gasteiger partial charge in [0.2, 0.25) is 0 Å². The molecule has 0 aromatic heterocycles. The molecule has 7 nitrogen and oxygen atoms in total. The first-order chi connectivity index (χ1) is 18.4. The van der Waals surface area contributed by atoms with Gasteiger partial charge in [-0.15, -0.1) is 0 Å². The van der Waals surface area contributed by atoms with E-state index in [1.54, 1.807) is 0 Å². The fraction of sp³-hybridized carbons (Fsp3) is 0.700. The van der Waals surface area contributed by atoms with Gasteiger partial charge < -0.3 is 18.9 Å². The zero-order valence-corrected chi connectivity index (χ0v) is 23.1. The Labute approximate surface area is 226 Å². The maximum Gasteiger partial charge on any atom is 0.341 e. The summed E-state index contributed by atoms with van der Waals surface area (Å²) in [5.41, 5.74) is -0.0997. The van der Waals surface area contributed by atoms with Crippen molar-refractivity contribution < 1.29 is 37.7 Å². The van der Waals surface area contributed by atoms with Crippen LogP contribution in [0.5, 0.6) is 0 Å². The zero-order chi connectivity index (χ0) is 27.6. The van der Waals surface area contributed by atoms with E-state index in [-0.39, 0.29) is 30.3 Å². The van der Waals surface area contributed by atoms with E-state index in [1.165, 1.54) is 38.5 Å². The van der Waals surface area contributed by atoms with Crippen LogP contribution in [0, 0.1) is 11.7 Å². The molecule has 0 aliphatic heterocycles. The Kier molecular flexibility index (Phi) is 15.6. The van der Waals surface area contributed by atoms with Crippen LogP contribution in [0.3, 0.4) is 0 Å². The lowest BCUT2D eigenvalue weighted by Crippen LogP contribution is -2.22. The minimum Gasteiger partial charge on any atom is -0.469 e. The molecule has 8 heteroatoms. The van der Waals surface area contributed by atoms with Gasteiger partial charge in [-0.2, -0.15) is 0 Å². The minimum atomic E-state index is -0.787. The number of hydrogen-bond acceptors (Lipinski definition) is 7. The van der Waals surface area contributed by atoms with Gasteiger partial charge in [0.05, 0.1) is 37.6 Å². The summed E-state index contributed by atoms with van der Waals surface area (Å²) in [6, 6.07) is 3.67. The highest BCUT2D eigenvalue weighted by molar-refractivity contribution is 5.93. The Bertz CT molecular complexity index is 849. The Morgan fingerprint density at radius 1 is 0.842 bits per heavy atom. The zero-order valence-electron chi connectivity index (χ0n) is 23.1. The van der Waals surface area contributed by atoms with Gasteiger partial charge in [0.15, 0.2) is 0 Å². The molecule has 0 unspecified atom stereocenters. The van der Waals surface area contributed by atoms with Crippen molar-refractivity contribution in [3.8, 4) is 0 Å². The van der Waals surface area contributed by atoms with Crippen LogP contribution in [-0.4, -0.2) is 50.9 Å². The summed E-state index contributed by atoms with van der Waals surface area (Å²) in [6.45, 7) is 3.23. The molecule has 1 aliphatic carbocycles. The monoisotopic (exact) mass is 536 g/mol. The second-order valence-electron chi connectivity index (χ2n) is 10.1. The number of halogens is 1. The maximum atomic E-state index is 14.2. The van der Waals surface area contributed by atoms with Gasteiger partial charge in [0.25, 0.3) is 0 Å². The van der Waals surface area contributed by atoms with E-state index in [1.807, 2.05) is 6.92 Å². The number of unbranched alkanes of at least 4 members (excludes halogenated alkanes) is 5. The normalized spacial score (nSPS) is 17.1. The minimum absolute atomic E-state index is 0.0805. The van der Waals surface area contributed by atoms with Gasteiger partial charge in [-0.05, 0) is 81.9 Å². The number of benzene rings is 1. The third kappa shape index (κ3) is 12.4. The van der Waals surface area contributed by atoms with E-state index < -0.39 is 17.8 Å². The molecule has 0 radical (unpaired) electrons. The average molecular weight is 537 g/mol. The van der Waals surface area contributed by atoms with Gasteiger partial charge in [0, 0.05) is 13.0 Å². The van der Waals surface area contributed by atoms with Crippen LogP contribution in [0.2, 0.25) is 0 Å². The number of ether oxygens (including phenoxy) is 4. The predicted molar refractivity (Wildman–Crippen MR) is 143 cm³/mol. The SMILES string of the molecule is CCCCOC(=O)c1ccc(C(=O)OCCCCCCOC2CCC(CCCCC(=O)OC)CC2)cc1F. The predicted octanol–water partition coefficient (Wildman–Crippen LogP) is 6.81. The van der Waals surface area contributed by atoms with Crippen LogP contribution in [0.1, 0.15) is 118 Å². The van der Waals surface area contributed by atoms with Crippen molar-refractivity contribution in [3.63, 3.8) is 0 Å². The summed E-state index contributed by atoms with van der Waals surface area (Å²) in [5, 5.41) is 0. The van der Waals surface area contributed by atoms with Crippen molar-refractivity contribution >= 4 is 17.9 Å². The largest absolute Gasteiger partial charge is 0.469 e. The van der Waals surface area contributed by atoms with E-state index in [2.05, 4.69) is 4.74 Å². The van der Waals surface area contributed by atoms with Crippen LogP contribution < -0.4 is 0 Å². The molecule has 0 saturated heterocycles. The Morgan fingerprint density at radius 3 is 2.21 bits per heavy atom. The maximum absolute atomic E-state index is 14.2. The fourth-order valence-electron chi connectivity index (χ4n) is 4.64. The molecule has 2 rings (SSSR count). The lowest BCUT2D eigenvalue weighted by Gasteiger charge is -2.28. The Balaban J connectivity index is 1.49. The van der Waals surface area contributed by atoms with Gasteiger partial charge in [-0.1, -0.05) is 32.6 Å². The quantitative estimate of drug-likeness (QED) is 0.116. The Hall–Kier alpha value is -2.48. The molecule has 1 fully saturated rings. The molecule has 1 saturated carbocycles. The number of hydrogen-bond donors (Lipinski definition) is 0. The molecular weight excluding hydrogens is 491 g/mol. The molecule has 0 spiro atoms. The number of carbonyl (C=O) groups excluding carboxylic acids is 3. The first-order valence-corrected chi connectivity index (χ1v) is 14.3. The summed E-state index contributed by atoms with van der Waals surface area (Å²) in [5.74, 6) is -1.49. The first kappa shape index (κ1) is 31.7. The molecule has 0 N–H and O–H groups in total. The molecular formula is C30H45FO7. The molecule has 38 heavy (non-hydrogen) atoms. The highest BCUT2D eigenvalue weighted by Gasteiger charge is 2.21. The molecule has 1 aromatic rings. The van der Waals surface area contributed by atoms with Gasteiger partial charge in [0.1, 0.15) is 5.82 Å². The summed E-state index contributed by atoms with van der Waals surface area (Å²) < 4.78 is 35.3. The number of rotatable bonds is 18. The molecule has 0 heterocycles. The lowest BCUT2D eigenvalue weighted by atomic mass is 9.84. The van der Waals surface area contributed by atoms with Crippen LogP contribution in [-0.2, 0) is 23.7 Å². The van der Waals surface area contributed by atoms with Crippen molar-refractivity contribution in [1.82, 2.24) is 0 Å². The van der Waals surface area contributed by atoms with Crippen molar-refractivity contribution in [1.29, 1.82) is 0 Å². The smallest absolute Gasteiger partial charge is 0.341 e. The summed E-state index contributed by atoms with van der Waals surface area (Å²) in [4.78, 5) is 35.3. The fourth-order valence-corrected chi connectivity index (χ4v) is 4.64. The van der Waals surface area contributed by atoms with Crippen LogP contribution in [0.15, 0.2) is 18.2 Å². The van der Waals surface area contributed by atoms with Crippen molar-refractivity contribution in [2.24, 2.45) is 5.92 Å². The van der Waals surface area contributed by atoms with E-state index in [9.17, 15) is 18.8 Å². The molecule has 1 aliphatic rings. The molecule has 0 amide bonds. The second kappa shape index (κ2) is 18.7. The Morgan fingerprint density at radius 2 is 1.53 bits per heavy atom. The topological polar surface area (TPSA) is 88.1 Å². The highest BCUT2D eigenvalue weighted by atomic mass is 19.1. The summed E-state index contributed by atoms with van der Waals surface area (Å²) in [6.07, 6.45) is 13.9. The standard InChI is InChI=1S/C30H45FO7/c1-3-4-19-38-30(34)26-18-15-24(22-27(26)31)29(33)37-21-10-6-5-9-20-36-25-16-13-23(14-17-25)11-7-8-12-28(32)35-2/h15,18,22-23,25H,3-14,16-17,19-21H2,1-2H3. The van der Waals surface area contributed by atoms with Gasteiger partial charge in [-0.25, -0.2) is 14.0 Å². The number of esters is 3. The van der Waals surface area contributed by atoms with E-state index in [0.29, 0.717) is 18.9 Å². The lowest BCUT2D eigenvalue weighted by molar-refractivity contribution is -0.140. The third-order valence-corrected chi connectivity index (χ3v) is 7.05. The molecule has 1 aromatic carbocycles. The van der Waals surface area contributed by atoms with Crippen molar-refractivity contribution in [3.05, 3.63) is 35.1 Å². The molecule has 0 bridgehead atoms. The highest BCUT2D eigenvalue weighted by Crippen LogP contribution is 2.30. The van der Waals surface area contributed by atoms with Gasteiger partial charge >= 0.3 is 17.9 Å². The van der Waals surface area contributed by atoms with Crippen LogP contribution >= 0.6 is 0 Å². The summed E-state index contributed by atoms with van der Waals surface area (Å²) in [7, 11) is 1.44. The van der Waals surface area contributed by atoms with Crippen LogP contribution in [0.25, 0.3) is 0 Å².